The first-order valence-corrected chi connectivity index (χ1v) is 5.40. The topological polar surface area (TPSA) is 51.8 Å². The standard InChI is InChI=1S/C10H11N3S/c1-2-10-12-8(5-9(11)13-10)7-3-4-14-6-7/h3-6H,2H2,1H3,(H2,11,12,13). The molecule has 72 valence electrons. The molecule has 0 saturated heterocycles. The van der Waals surface area contributed by atoms with E-state index in [2.05, 4.69) is 15.3 Å². The molecule has 14 heavy (non-hydrogen) atoms. The van der Waals surface area contributed by atoms with E-state index in [4.69, 9.17) is 5.73 Å². The first-order chi connectivity index (χ1) is 6.79. The van der Waals surface area contributed by atoms with E-state index in [1.54, 1.807) is 17.4 Å². The van der Waals surface area contributed by atoms with Gasteiger partial charge in [-0.15, -0.1) is 0 Å². The largest absolute Gasteiger partial charge is 0.384 e. The molecule has 0 atom stereocenters. The highest BCUT2D eigenvalue weighted by Gasteiger charge is 2.03. The summed E-state index contributed by atoms with van der Waals surface area (Å²) in [6, 6.07) is 3.84. The van der Waals surface area contributed by atoms with Gasteiger partial charge in [0.2, 0.25) is 0 Å². The van der Waals surface area contributed by atoms with Crippen molar-refractivity contribution in [2.75, 3.05) is 5.73 Å². The summed E-state index contributed by atoms with van der Waals surface area (Å²) in [6.07, 6.45) is 0.808. The Kier molecular flexibility index (Phi) is 2.45. The predicted octanol–water partition coefficient (Wildman–Crippen LogP) is 2.35. The van der Waals surface area contributed by atoms with Crippen molar-refractivity contribution in [1.82, 2.24) is 9.97 Å². The van der Waals surface area contributed by atoms with Crippen LogP contribution in [0.4, 0.5) is 5.82 Å². The summed E-state index contributed by atoms with van der Waals surface area (Å²) in [5.74, 6) is 1.34. The third-order valence-corrected chi connectivity index (χ3v) is 2.61. The quantitative estimate of drug-likeness (QED) is 0.818. The highest BCUT2D eigenvalue weighted by molar-refractivity contribution is 7.08. The first-order valence-electron chi connectivity index (χ1n) is 4.45. The molecule has 0 radical (unpaired) electrons. The lowest BCUT2D eigenvalue weighted by Gasteiger charge is -2.02. The van der Waals surface area contributed by atoms with Gasteiger partial charge in [0.15, 0.2) is 0 Å². The summed E-state index contributed by atoms with van der Waals surface area (Å²) in [7, 11) is 0. The monoisotopic (exact) mass is 205 g/mol. The van der Waals surface area contributed by atoms with E-state index in [0.29, 0.717) is 5.82 Å². The van der Waals surface area contributed by atoms with Gasteiger partial charge in [0.05, 0.1) is 5.69 Å². The van der Waals surface area contributed by atoms with Crippen molar-refractivity contribution in [3.05, 3.63) is 28.7 Å². The predicted molar refractivity (Wildman–Crippen MR) is 59.1 cm³/mol. The van der Waals surface area contributed by atoms with Crippen LogP contribution in [-0.2, 0) is 6.42 Å². The fourth-order valence-corrected chi connectivity index (χ4v) is 1.88. The Balaban J connectivity index is 2.48. The zero-order valence-electron chi connectivity index (χ0n) is 7.90. The number of aryl methyl sites for hydroxylation is 1. The molecule has 0 unspecified atom stereocenters. The molecule has 2 aromatic heterocycles. The summed E-state index contributed by atoms with van der Waals surface area (Å²) >= 11 is 1.65. The second-order valence-corrected chi connectivity index (χ2v) is 3.74. The summed E-state index contributed by atoms with van der Waals surface area (Å²) in [4.78, 5) is 8.54. The first kappa shape index (κ1) is 9.15. The van der Waals surface area contributed by atoms with Gasteiger partial charge in [-0.1, -0.05) is 6.92 Å². The van der Waals surface area contributed by atoms with Gasteiger partial charge in [-0.3, -0.25) is 0 Å². The molecule has 0 amide bonds. The molecule has 0 bridgehead atoms. The van der Waals surface area contributed by atoms with Crippen molar-refractivity contribution in [2.24, 2.45) is 0 Å². The molecule has 2 aromatic rings. The maximum absolute atomic E-state index is 5.69. The lowest BCUT2D eigenvalue weighted by atomic mass is 10.2. The van der Waals surface area contributed by atoms with Crippen molar-refractivity contribution in [3.63, 3.8) is 0 Å². The van der Waals surface area contributed by atoms with Crippen LogP contribution in [0.1, 0.15) is 12.7 Å². The van der Waals surface area contributed by atoms with Crippen molar-refractivity contribution < 1.29 is 0 Å². The number of hydrogen-bond acceptors (Lipinski definition) is 4. The second-order valence-electron chi connectivity index (χ2n) is 2.96. The number of rotatable bonds is 2. The zero-order valence-corrected chi connectivity index (χ0v) is 8.71. The van der Waals surface area contributed by atoms with E-state index in [0.717, 1.165) is 23.5 Å². The Labute approximate surface area is 86.6 Å². The number of nitrogens with two attached hydrogens (primary N) is 1. The summed E-state index contributed by atoms with van der Waals surface area (Å²) in [5, 5.41) is 4.08. The lowest BCUT2D eigenvalue weighted by Crippen LogP contribution is -1.99. The minimum atomic E-state index is 0.540. The van der Waals surface area contributed by atoms with Crippen molar-refractivity contribution in [2.45, 2.75) is 13.3 Å². The van der Waals surface area contributed by atoms with E-state index in [1.165, 1.54) is 0 Å². The molecule has 2 heterocycles. The van der Waals surface area contributed by atoms with Gasteiger partial charge in [-0.25, -0.2) is 9.97 Å². The summed E-state index contributed by atoms with van der Waals surface area (Å²) in [5.41, 5.74) is 7.72. The van der Waals surface area contributed by atoms with Crippen LogP contribution < -0.4 is 5.73 Å². The average Bonchev–Trinajstić information content (AvgIpc) is 2.69. The normalized spacial score (nSPS) is 10.4. The molecule has 4 heteroatoms. The third-order valence-electron chi connectivity index (χ3n) is 1.93. The van der Waals surface area contributed by atoms with Gasteiger partial charge in [-0.05, 0) is 11.4 Å². The van der Waals surface area contributed by atoms with Gasteiger partial charge < -0.3 is 5.73 Å². The number of hydrogen-bond donors (Lipinski definition) is 1. The second kappa shape index (κ2) is 3.75. The lowest BCUT2D eigenvalue weighted by molar-refractivity contribution is 0.949. The van der Waals surface area contributed by atoms with Crippen molar-refractivity contribution in [1.29, 1.82) is 0 Å². The molecular weight excluding hydrogens is 194 g/mol. The molecular formula is C10H11N3S. The van der Waals surface area contributed by atoms with Gasteiger partial charge in [0.1, 0.15) is 11.6 Å². The molecule has 0 aromatic carbocycles. The van der Waals surface area contributed by atoms with Crippen LogP contribution in [0.2, 0.25) is 0 Å². The number of nitrogens with zero attached hydrogens (tertiary/aromatic N) is 2. The smallest absolute Gasteiger partial charge is 0.131 e. The Morgan fingerprint density at radius 3 is 2.93 bits per heavy atom. The molecule has 2 rings (SSSR count). The van der Waals surface area contributed by atoms with Crippen LogP contribution in [-0.4, -0.2) is 9.97 Å². The molecule has 0 aliphatic heterocycles. The van der Waals surface area contributed by atoms with E-state index in [1.807, 2.05) is 18.4 Å². The SMILES string of the molecule is CCc1nc(N)cc(-c2ccsc2)n1. The number of nitrogen functional groups attached to an aromatic ring is 1. The van der Waals surface area contributed by atoms with Crippen LogP contribution in [0.25, 0.3) is 11.3 Å². The zero-order chi connectivity index (χ0) is 9.97. The molecule has 0 aliphatic carbocycles. The summed E-state index contributed by atoms with van der Waals surface area (Å²) < 4.78 is 0. The van der Waals surface area contributed by atoms with Gasteiger partial charge in [0.25, 0.3) is 0 Å². The maximum Gasteiger partial charge on any atom is 0.131 e. The molecule has 0 spiro atoms. The number of aromatic nitrogens is 2. The van der Waals surface area contributed by atoms with Crippen LogP contribution >= 0.6 is 11.3 Å². The molecule has 0 aliphatic rings. The van der Waals surface area contributed by atoms with E-state index >= 15 is 0 Å². The van der Waals surface area contributed by atoms with Crippen LogP contribution in [0.15, 0.2) is 22.9 Å². The Morgan fingerprint density at radius 1 is 1.43 bits per heavy atom. The molecule has 3 nitrogen and oxygen atoms in total. The van der Waals surface area contributed by atoms with Gasteiger partial charge in [-0.2, -0.15) is 11.3 Å². The van der Waals surface area contributed by atoms with Crippen LogP contribution in [0.5, 0.6) is 0 Å². The average molecular weight is 205 g/mol. The highest BCUT2D eigenvalue weighted by atomic mass is 32.1. The van der Waals surface area contributed by atoms with E-state index in [9.17, 15) is 0 Å². The van der Waals surface area contributed by atoms with Crippen molar-refractivity contribution in [3.8, 4) is 11.3 Å². The van der Waals surface area contributed by atoms with Gasteiger partial charge in [0, 0.05) is 23.4 Å². The van der Waals surface area contributed by atoms with E-state index in [-0.39, 0.29) is 0 Å². The number of thiophene rings is 1. The van der Waals surface area contributed by atoms with Crippen LogP contribution in [0, 0.1) is 0 Å². The minimum absolute atomic E-state index is 0.540. The minimum Gasteiger partial charge on any atom is -0.384 e. The Hall–Kier alpha value is -1.42. The van der Waals surface area contributed by atoms with Crippen LogP contribution in [0.3, 0.4) is 0 Å². The van der Waals surface area contributed by atoms with Crippen molar-refractivity contribution >= 4 is 17.2 Å². The van der Waals surface area contributed by atoms with Gasteiger partial charge >= 0.3 is 0 Å². The molecule has 0 fully saturated rings. The molecule has 2 N–H and O–H groups in total. The Bertz CT molecular complexity index is 423. The highest BCUT2D eigenvalue weighted by Crippen LogP contribution is 2.21. The maximum atomic E-state index is 5.69. The fraction of sp³-hybridized carbons (Fsp3) is 0.200. The van der Waals surface area contributed by atoms with E-state index < -0.39 is 0 Å². The Morgan fingerprint density at radius 2 is 2.29 bits per heavy atom. The number of anilines is 1. The summed E-state index contributed by atoms with van der Waals surface area (Å²) in [6.45, 7) is 2.02. The molecule has 0 saturated carbocycles. The fourth-order valence-electron chi connectivity index (χ4n) is 1.23. The third kappa shape index (κ3) is 1.75.